The number of ether oxygens (including phenoxy) is 2. The Morgan fingerprint density at radius 2 is 1.81 bits per heavy atom. The molecule has 6 nitrogen and oxygen atoms in total. The van der Waals surface area contributed by atoms with Crippen LogP contribution in [0.15, 0.2) is 79.0 Å². The van der Waals surface area contributed by atoms with Crippen molar-refractivity contribution in [2.45, 2.75) is 0 Å². The quantitative estimate of drug-likeness (QED) is 0.391. The van der Waals surface area contributed by atoms with Crippen LogP contribution in [0.3, 0.4) is 0 Å². The zero-order valence-corrected chi connectivity index (χ0v) is 17.6. The van der Waals surface area contributed by atoms with Gasteiger partial charge in [0.15, 0.2) is 5.82 Å². The van der Waals surface area contributed by atoms with Crippen molar-refractivity contribution in [3.63, 3.8) is 0 Å². The van der Waals surface area contributed by atoms with Crippen molar-refractivity contribution in [1.29, 1.82) is 0 Å². The Morgan fingerprint density at radius 3 is 2.62 bits per heavy atom. The van der Waals surface area contributed by atoms with E-state index in [9.17, 15) is 9.18 Å². The van der Waals surface area contributed by atoms with Crippen LogP contribution >= 0.6 is 11.6 Å². The highest BCUT2D eigenvalue weighted by Gasteiger charge is 2.11. The van der Waals surface area contributed by atoms with Crippen LogP contribution in [-0.2, 0) is 0 Å². The molecule has 4 aromatic rings. The summed E-state index contributed by atoms with van der Waals surface area (Å²) in [5.41, 5.74) is 1.40. The molecule has 0 atom stereocenters. The summed E-state index contributed by atoms with van der Waals surface area (Å²) >= 11 is 5.78. The lowest BCUT2D eigenvalue weighted by molar-refractivity contribution is 0.102. The molecule has 0 bridgehead atoms. The zero-order chi connectivity index (χ0) is 22.5. The maximum atomic E-state index is 13.3. The molecule has 1 amide bonds. The molecule has 0 aliphatic rings. The Bertz CT molecular complexity index is 1280. The Morgan fingerprint density at radius 1 is 1.00 bits per heavy atom. The van der Waals surface area contributed by atoms with Gasteiger partial charge >= 0.3 is 0 Å². The van der Waals surface area contributed by atoms with Gasteiger partial charge in [-0.3, -0.25) is 4.79 Å². The molecule has 0 unspecified atom stereocenters. The third-order valence-corrected chi connectivity index (χ3v) is 4.74. The van der Waals surface area contributed by atoms with Gasteiger partial charge in [0, 0.05) is 35.1 Å². The fourth-order valence-corrected chi connectivity index (χ4v) is 3.08. The first kappa shape index (κ1) is 21.3. The fraction of sp³-hybridized carbons (Fsp3) is 0.0417. The molecule has 0 fully saturated rings. The largest absolute Gasteiger partial charge is 0.497 e. The van der Waals surface area contributed by atoms with Crippen molar-refractivity contribution in [2.24, 2.45) is 0 Å². The molecule has 0 radical (unpaired) electrons. The summed E-state index contributed by atoms with van der Waals surface area (Å²) in [6.07, 6.45) is 1.57. The van der Waals surface area contributed by atoms with Crippen molar-refractivity contribution in [1.82, 2.24) is 9.97 Å². The highest BCUT2D eigenvalue weighted by molar-refractivity contribution is 6.31. The summed E-state index contributed by atoms with van der Waals surface area (Å²) in [4.78, 5) is 21.4. The van der Waals surface area contributed by atoms with Gasteiger partial charge in [-0.05, 0) is 42.5 Å². The van der Waals surface area contributed by atoms with Crippen molar-refractivity contribution < 1.29 is 18.7 Å². The van der Waals surface area contributed by atoms with E-state index in [2.05, 4.69) is 15.3 Å². The van der Waals surface area contributed by atoms with E-state index in [0.29, 0.717) is 40.0 Å². The molecule has 0 saturated heterocycles. The lowest BCUT2D eigenvalue weighted by Crippen LogP contribution is -2.12. The minimum atomic E-state index is -0.556. The molecule has 0 saturated carbocycles. The minimum absolute atomic E-state index is 0.0715. The van der Waals surface area contributed by atoms with Crippen LogP contribution in [0.2, 0.25) is 5.02 Å². The molecule has 4 rings (SSSR count). The summed E-state index contributed by atoms with van der Waals surface area (Å²) < 4.78 is 24.3. The molecule has 32 heavy (non-hydrogen) atoms. The molecule has 160 valence electrons. The average molecular weight is 450 g/mol. The standard InChI is InChI=1S/C24H17ClFN3O3/c1-31-18-6-3-7-19(14-18)32-22-10-11-27-23(29-22)15-4-2-5-16(12-15)24(30)28-17-8-9-21(26)20(25)13-17/h2-14H,1H3,(H,28,30). The smallest absolute Gasteiger partial charge is 0.255 e. The number of methoxy groups -OCH3 is 1. The molecule has 0 spiro atoms. The van der Waals surface area contributed by atoms with Crippen molar-refractivity contribution in [2.75, 3.05) is 12.4 Å². The number of hydrogen-bond donors (Lipinski definition) is 1. The van der Waals surface area contributed by atoms with E-state index in [1.807, 2.05) is 12.1 Å². The first-order valence-corrected chi connectivity index (χ1v) is 9.91. The molecule has 8 heteroatoms. The topological polar surface area (TPSA) is 73.3 Å². The Balaban J connectivity index is 1.54. The van der Waals surface area contributed by atoms with E-state index in [0.717, 1.165) is 0 Å². The van der Waals surface area contributed by atoms with Crippen LogP contribution in [0, 0.1) is 5.82 Å². The zero-order valence-electron chi connectivity index (χ0n) is 16.9. The van der Waals surface area contributed by atoms with Crippen LogP contribution in [-0.4, -0.2) is 23.0 Å². The van der Waals surface area contributed by atoms with Gasteiger partial charge in [-0.15, -0.1) is 0 Å². The number of rotatable bonds is 6. The predicted molar refractivity (Wildman–Crippen MR) is 120 cm³/mol. The first-order chi connectivity index (χ1) is 15.5. The Labute approximate surface area is 188 Å². The number of carbonyl (C=O) groups is 1. The monoisotopic (exact) mass is 449 g/mol. The molecule has 1 aromatic heterocycles. The summed E-state index contributed by atoms with van der Waals surface area (Å²) in [7, 11) is 1.58. The summed E-state index contributed by atoms with van der Waals surface area (Å²) in [5.74, 6) is 1.04. The molecule has 1 heterocycles. The lowest BCUT2D eigenvalue weighted by Gasteiger charge is -2.09. The van der Waals surface area contributed by atoms with Crippen LogP contribution in [0.25, 0.3) is 11.4 Å². The normalized spacial score (nSPS) is 10.5. The SMILES string of the molecule is COc1cccc(Oc2ccnc(-c3cccc(C(=O)Nc4ccc(F)c(Cl)c4)c3)n2)c1. The van der Waals surface area contributed by atoms with Crippen LogP contribution in [0.1, 0.15) is 10.4 Å². The maximum Gasteiger partial charge on any atom is 0.255 e. The van der Waals surface area contributed by atoms with Crippen molar-refractivity contribution in [3.05, 3.63) is 95.4 Å². The number of carbonyl (C=O) groups excluding carboxylic acids is 1. The summed E-state index contributed by atoms with van der Waals surface area (Å²) in [6, 6.07) is 19.6. The third kappa shape index (κ3) is 5.01. The Kier molecular flexibility index (Phi) is 6.28. The second-order valence-electron chi connectivity index (χ2n) is 6.66. The molecule has 3 aromatic carbocycles. The molecule has 1 N–H and O–H groups in total. The number of nitrogens with zero attached hydrogens (tertiary/aromatic N) is 2. The maximum absolute atomic E-state index is 13.3. The fourth-order valence-electron chi connectivity index (χ4n) is 2.90. The van der Waals surface area contributed by atoms with Gasteiger partial charge in [0.1, 0.15) is 17.3 Å². The van der Waals surface area contributed by atoms with Gasteiger partial charge in [0.25, 0.3) is 5.91 Å². The second-order valence-corrected chi connectivity index (χ2v) is 7.07. The number of nitrogens with one attached hydrogen (secondary N) is 1. The molecule has 0 aliphatic heterocycles. The van der Waals surface area contributed by atoms with Crippen LogP contribution in [0.5, 0.6) is 17.4 Å². The van der Waals surface area contributed by atoms with Crippen molar-refractivity contribution >= 4 is 23.2 Å². The van der Waals surface area contributed by atoms with Crippen LogP contribution in [0.4, 0.5) is 10.1 Å². The van der Waals surface area contributed by atoms with Gasteiger partial charge < -0.3 is 14.8 Å². The lowest BCUT2D eigenvalue weighted by atomic mass is 10.1. The highest BCUT2D eigenvalue weighted by atomic mass is 35.5. The van der Waals surface area contributed by atoms with Gasteiger partial charge in [0.2, 0.25) is 5.88 Å². The number of hydrogen-bond acceptors (Lipinski definition) is 5. The van der Waals surface area contributed by atoms with Gasteiger partial charge in [0.05, 0.1) is 12.1 Å². The van der Waals surface area contributed by atoms with E-state index in [1.54, 1.807) is 55.8 Å². The second kappa shape index (κ2) is 9.45. The van der Waals surface area contributed by atoms with Crippen molar-refractivity contribution in [3.8, 4) is 28.8 Å². The number of anilines is 1. The van der Waals surface area contributed by atoms with E-state index in [-0.39, 0.29) is 10.9 Å². The average Bonchev–Trinajstić information content (AvgIpc) is 2.82. The molecular formula is C24H17ClFN3O3. The van der Waals surface area contributed by atoms with E-state index in [4.69, 9.17) is 21.1 Å². The number of amides is 1. The number of aromatic nitrogens is 2. The first-order valence-electron chi connectivity index (χ1n) is 9.53. The van der Waals surface area contributed by atoms with Gasteiger partial charge in [-0.1, -0.05) is 29.8 Å². The summed E-state index contributed by atoms with van der Waals surface area (Å²) in [5, 5.41) is 2.62. The van der Waals surface area contributed by atoms with Gasteiger partial charge in [-0.25, -0.2) is 9.37 Å². The van der Waals surface area contributed by atoms with E-state index < -0.39 is 5.82 Å². The summed E-state index contributed by atoms with van der Waals surface area (Å²) in [6.45, 7) is 0. The van der Waals surface area contributed by atoms with E-state index in [1.165, 1.54) is 18.2 Å². The third-order valence-electron chi connectivity index (χ3n) is 4.45. The minimum Gasteiger partial charge on any atom is -0.497 e. The van der Waals surface area contributed by atoms with Crippen LogP contribution < -0.4 is 14.8 Å². The number of halogens is 2. The highest BCUT2D eigenvalue weighted by Crippen LogP contribution is 2.26. The van der Waals surface area contributed by atoms with Gasteiger partial charge in [-0.2, -0.15) is 4.98 Å². The van der Waals surface area contributed by atoms with E-state index >= 15 is 0 Å². The predicted octanol–water partition coefficient (Wildman–Crippen LogP) is 5.99. The molecular weight excluding hydrogens is 433 g/mol. The number of benzene rings is 3. The Hall–Kier alpha value is -3.97. The molecule has 0 aliphatic carbocycles.